The predicted octanol–water partition coefficient (Wildman–Crippen LogP) is 4.66. The number of nitrogens with one attached hydrogen (secondary N) is 1. The Morgan fingerprint density at radius 3 is 2.67 bits per heavy atom. The number of hydrogen-bond donors (Lipinski definition) is 1. The van der Waals surface area contributed by atoms with E-state index in [9.17, 15) is 5.26 Å². The molecule has 0 aliphatic carbocycles. The van der Waals surface area contributed by atoms with Gasteiger partial charge in [-0.2, -0.15) is 5.26 Å². The van der Waals surface area contributed by atoms with Gasteiger partial charge < -0.3 is 14.5 Å². The van der Waals surface area contributed by atoms with Crippen LogP contribution in [-0.4, -0.2) is 51.8 Å². The molecule has 3 aromatic heterocycles. The number of aromatic amines is 1. The highest BCUT2D eigenvalue weighted by Gasteiger charge is 2.23. The molecule has 0 unspecified atom stereocenters. The van der Waals surface area contributed by atoms with Crippen LogP contribution in [0.3, 0.4) is 0 Å². The van der Waals surface area contributed by atoms with Crippen LogP contribution in [0, 0.1) is 11.3 Å². The number of nitriles is 1. The SMILES string of the molecule is CCOc1cc(-c2cnc3[nH]c4cnc(C#N)cc4c3c2)ccc1CN1C[C@@H](C)O[C@@H](C)C1. The molecule has 1 saturated heterocycles. The van der Waals surface area contributed by atoms with Gasteiger partial charge in [-0.25, -0.2) is 9.97 Å². The number of ether oxygens (including phenoxy) is 2. The molecule has 1 fully saturated rings. The van der Waals surface area contributed by atoms with Gasteiger partial charge in [0.15, 0.2) is 0 Å². The van der Waals surface area contributed by atoms with Crippen molar-refractivity contribution in [3.05, 3.63) is 54.0 Å². The van der Waals surface area contributed by atoms with Gasteiger partial charge in [-0.15, -0.1) is 0 Å². The van der Waals surface area contributed by atoms with Crippen LogP contribution in [-0.2, 0) is 11.3 Å². The van der Waals surface area contributed by atoms with Crippen LogP contribution in [0.1, 0.15) is 32.0 Å². The molecule has 0 saturated carbocycles. The van der Waals surface area contributed by atoms with Gasteiger partial charge in [0, 0.05) is 47.7 Å². The zero-order valence-electron chi connectivity index (χ0n) is 19.1. The number of morpholine rings is 1. The van der Waals surface area contributed by atoms with E-state index in [-0.39, 0.29) is 12.2 Å². The van der Waals surface area contributed by atoms with E-state index in [4.69, 9.17) is 9.47 Å². The van der Waals surface area contributed by atoms with E-state index in [0.717, 1.165) is 58.4 Å². The molecule has 1 aromatic carbocycles. The van der Waals surface area contributed by atoms with E-state index in [1.165, 1.54) is 5.56 Å². The van der Waals surface area contributed by atoms with Crippen molar-refractivity contribution in [3.63, 3.8) is 0 Å². The Bertz CT molecular complexity index is 1350. The van der Waals surface area contributed by atoms with Crippen molar-refractivity contribution in [2.75, 3.05) is 19.7 Å². The number of pyridine rings is 2. The molecule has 0 spiro atoms. The largest absolute Gasteiger partial charge is 0.494 e. The van der Waals surface area contributed by atoms with E-state index in [0.29, 0.717) is 12.3 Å². The molecular weight excluding hydrogens is 414 g/mol. The molecule has 0 bridgehead atoms. The molecule has 1 aliphatic rings. The number of rotatable bonds is 5. The summed E-state index contributed by atoms with van der Waals surface area (Å²) in [7, 11) is 0. The van der Waals surface area contributed by atoms with Gasteiger partial charge in [-0.3, -0.25) is 4.90 Å². The van der Waals surface area contributed by atoms with Crippen molar-refractivity contribution < 1.29 is 9.47 Å². The van der Waals surface area contributed by atoms with Crippen molar-refractivity contribution in [2.45, 2.75) is 39.5 Å². The number of fused-ring (bicyclic) bond motifs is 3. The zero-order chi connectivity index (χ0) is 22.9. The van der Waals surface area contributed by atoms with E-state index in [2.05, 4.69) is 64.0 Å². The molecular formula is C26H27N5O2. The Morgan fingerprint density at radius 2 is 1.91 bits per heavy atom. The lowest BCUT2D eigenvalue weighted by Gasteiger charge is -2.35. The molecule has 33 heavy (non-hydrogen) atoms. The molecule has 0 radical (unpaired) electrons. The van der Waals surface area contributed by atoms with Crippen molar-refractivity contribution in [1.29, 1.82) is 5.26 Å². The molecule has 4 heterocycles. The molecule has 7 nitrogen and oxygen atoms in total. The van der Waals surface area contributed by atoms with Crippen LogP contribution in [0.5, 0.6) is 5.75 Å². The number of H-pyrrole nitrogens is 1. The fourth-order valence-corrected chi connectivity index (χ4v) is 4.70. The van der Waals surface area contributed by atoms with Crippen LogP contribution in [0.4, 0.5) is 0 Å². The second-order valence-electron chi connectivity index (χ2n) is 8.68. The first-order valence-corrected chi connectivity index (χ1v) is 11.4. The lowest BCUT2D eigenvalue weighted by Crippen LogP contribution is -2.44. The Labute approximate surface area is 193 Å². The molecule has 5 rings (SSSR count). The van der Waals surface area contributed by atoms with Crippen LogP contribution in [0.25, 0.3) is 33.1 Å². The monoisotopic (exact) mass is 441 g/mol. The Kier molecular flexibility index (Phi) is 5.71. The second kappa shape index (κ2) is 8.81. The summed E-state index contributed by atoms with van der Waals surface area (Å²) < 4.78 is 11.9. The molecule has 7 heteroatoms. The lowest BCUT2D eigenvalue weighted by atomic mass is 10.0. The highest BCUT2D eigenvalue weighted by atomic mass is 16.5. The van der Waals surface area contributed by atoms with Gasteiger partial charge in [-0.05, 0) is 44.5 Å². The van der Waals surface area contributed by atoms with E-state index in [1.54, 1.807) is 12.3 Å². The number of hydrogen-bond acceptors (Lipinski definition) is 6. The second-order valence-corrected chi connectivity index (χ2v) is 8.68. The summed E-state index contributed by atoms with van der Waals surface area (Å²) in [5.41, 5.74) is 5.26. The number of benzene rings is 1. The summed E-state index contributed by atoms with van der Waals surface area (Å²) in [6, 6.07) is 12.4. The standard InChI is InChI=1S/C26H27N5O2/c1-4-32-25-8-18(5-6-19(25)15-31-13-16(2)33-17(3)14-31)20-7-23-22-9-21(10-27)28-12-24(22)30-26(23)29-11-20/h5-9,11-12,16-17H,4,13-15H2,1-3H3,(H,29,30)/t16-,17+. The van der Waals surface area contributed by atoms with Crippen molar-refractivity contribution >= 4 is 21.9 Å². The summed E-state index contributed by atoms with van der Waals surface area (Å²) in [5.74, 6) is 0.900. The summed E-state index contributed by atoms with van der Waals surface area (Å²) in [5, 5.41) is 11.1. The van der Waals surface area contributed by atoms with Gasteiger partial charge in [0.25, 0.3) is 0 Å². The molecule has 0 amide bonds. The summed E-state index contributed by atoms with van der Waals surface area (Å²) >= 11 is 0. The number of aromatic nitrogens is 3. The molecule has 168 valence electrons. The van der Waals surface area contributed by atoms with Gasteiger partial charge in [0.1, 0.15) is 23.2 Å². The topological polar surface area (TPSA) is 87.1 Å². The highest BCUT2D eigenvalue weighted by Crippen LogP contribution is 2.32. The van der Waals surface area contributed by atoms with Crippen LogP contribution < -0.4 is 4.74 Å². The van der Waals surface area contributed by atoms with E-state index >= 15 is 0 Å². The fourth-order valence-electron chi connectivity index (χ4n) is 4.70. The van der Waals surface area contributed by atoms with E-state index in [1.807, 2.05) is 13.1 Å². The first kappa shape index (κ1) is 21.4. The third kappa shape index (κ3) is 4.28. The maximum atomic E-state index is 9.23. The maximum Gasteiger partial charge on any atom is 0.141 e. The Morgan fingerprint density at radius 1 is 1.09 bits per heavy atom. The van der Waals surface area contributed by atoms with Crippen molar-refractivity contribution in [2.24, 2.45) is 0 Å². The van der Waals surface area contributed by atoms with Crippen molar-refractivity contribution in [3.8, 4) is 22.9 Å². The lowest BCUT2D eigenvalue weighted by molar-refractivity contribution is -0.0706. The quantitative estimate of drug-likeness (QED) is 0.485. The minimum atomic E-state index is 0.231. The fraction of sp³-hybridized carbons (Fsp3) is 0.346. The first-order chi connectivity index (χ1) is 16.0. The molecule has 1 aliphatic heterocycles. The summed E-state index contributed by atoms with van der Waals surface area (Å²) in [6.07, 6.45) is 4.01. The Balaban J connectivity index is 1.50. The zero-order valence-corrected chi connectivity index (χ0v) is 19.1. The Hall–Kier alpha value is -3.47. The highest BCUT2D eigenvalue weighted by molar-refractivity contribution is 6.07. The summed E-state index contributed by atoms with van der Waals surface area (Å²) in [6.45, 7) is 9.52. The minimum absolute atomic E-state index is 0.231. The molecule has 1 N–H and O–H groups in total. The smallest absolute Gasteiger partial charge is 0.141 e. The third-order valence-electron chi connectivity index (χ3n) is 6.04. The van der Waals surface area contributed by atoms with Crippen LogP contribution >= 0.6 is 0 Å². The third-order valence-corrected chi connectivity index (χ3v) is 6.04. The number of nitrogens with zero attached hydrogens (tertiary/aromatic N) is 4. The van der Waals surface area contributed by atoms with Gasteiger partial charge in [-0.1, -0.05) is 12.1 Å². The molecule has 4 aromatic rings. The first-order valence-electron chi connectivity index (χ1n) is 11.4. The van der Waals surface area contributed by atoms with Crippen LogP contribution in [0.2, 0.25) is 0 Å². The molecule has 2 atom stereocenters. The minimum Gasteiger partial charge on any atom is -0.494 e. The van der Waals surface area contributed by atoms with Gasteiger partial charge in [0.05, 0.1) is 30.5 Å². The van der Waals surface area contributed by atoms with Crippen molar-refractivity contribution in [1.82, 2.24) is 19.9 Å². The van der Waals surface area contributed by atoms with Gasteiger partial charge in [0.2, 0.25) is 0 Å². The van der Waals surface area contributed by atoms with E-state index < -0.39 is 0 Å². The predicted molar refractivity (Wildman–Crippen MR) is 128 cm³/mol. The summed E-state index contributed by atoms with van der Waals surface area (Å²) in [4.78, 5) is 14.5. The normalized spacial score (nSPS) is 19.1. The maximum absolute atomic E-state index is 9.23. The average molecular weight is 442 g/mol. The van der Waals surface area contributed by atoms with Gasteiger partial charge >= 0.3 is 0 Å². The average Bonchev–Trinajstić information content (AvgIpc) is 3.16. The van der Waals surface area contributed by atoms with Crippen LogP contribution in [0.15, 0.2) is 42.7 Å².